The third-order valence-electron chi connectivity index (χ3n) is 2.52. The summed E-state index contributed by atoms with van der Waals surface area (Å²) in [4.78, 5) is 0.651. The van der Waals surface area contributed by atoms with Crippen LogP contribution in [0, 0.1) is 11.5 Å². The molecule has 0 saturated heterocycles. The predicted octanol–water partition coefficient (Wildman–Crippen LogP) is 2.35. The number of hydrogen-bond donors (Lipinski definition) is 1. The quantitative estimate of drug-likeness (QED) is 0.648. The first kappa shape index (κ1) is 14.5. The SMILES string of the molecule is CC(C)Oc1cccc(OC#N)c1COc1ccn(O)n1. The van der Waals surface area contributed by atoms with Gasteiger partial charge in [0, 0.05) is 6.07 Å². The Kier molecular flexibility index (Phi) is 4.51. The zero-order valence-electron chi connectivity index (χ0n) is 11.7. The van der Waals surface area contributed by atoms with Crippen molar-refractivity contribution in [2.75, 3.05) is 0 Å². The summed E-state index contributed by atoms with van der Waals surface area (Å²) in [6, 6.07) is 6.67. The molecule has 0 spiro atoms. The largest absolute Gasteiger partial charge is 0.490 e. The molecule has 110 valence electrons. The van der Waals surface area contributed by atoms with E-state index in [9.17, 15) is 0 Å². The molecule has 7 heteroatoms. The molecule has 0 amide bonds. The van der Waals surface area contributed by atoms with Gasteiger partial charge >= 0.3 is 0 Å². The molecule has 0 aliphatic heterocycles. The van der Waals surface area contributed by atoms with E-state index >= 15 is 0 Å². The maximum Gasteiger partial charge on any atom is 0.292 e. The molecule has 1 aromatic carbocycles. The minimum atomic E-state index is -0.0299. The molecule has 1 aromatic heterocycles. The Morgan fingerprint density at radius 2 is 2.10 bits per heavy atom. The lowest BCUT2D eigenvalue weighted by Gasteiger charge is -2.16. The summed E-state index contributed by atoms with van der Waals surface area (Å²) in [5.74, 6) is 1.18. The summed E-state index contributed by atoms with van der Waals surface area (Å²) in [7, 11) is 0. The molecule has 2 rings (SSSR count). The maximum absolute atomic E-state index is 9.10. The van der Waals surface area contributed by atoms with Crippen molar-refractivity contribution >= 4 is 0 Å². The fraction of sp³-hybridized carbons (Fsp3) is 0.286. The van der Waals surface area contributed by atoms with E-state index < -0.39 is 0 Å². The second-order valence-electron chi connectivity index (χ2n) is 4.46. The Morgan fingerprint density at radius 1 is 1.33 bits per heavy atom. The fourth-order valence-corrected chi connectivity index (χ4v) is 1.72. The van der Waals surface area contributed by atoms with Gasteiger partial charge in [-0.25, -0.2) is 0 Å². The summed E-state index contributed by atoms with van der Waals surface area (Å²) in [6.45, 7) is 3.89. The van der Waals surface area contributed by atoms with Crippen LogP contribution in [0.5, 0.6) is 17.4 Å². The first-order chi connectivity index (χ1) is 10.1. The van der Waals surface area contributed by atoms with Gasteiger partial charge in [-0.05, 0) is 26.0 Å². The molecule has 1 N–H and O–H groups in total. The van der Waals surface area contributed by atoms with Crippen molar-refractivity contribution < 1.29 is 19.4 Å². The van der Waals surface area contributed by atoms with Crippen LogP contribution >= 0.6 is 0 Å². The van der Waals surface area contributed by atoms with Crippen molar-refractivity contribution in [3.8, 4) is 23.6 Å². The summed E-state index contributed by atoms with van der Waals surface area (Å²) in [5.41, 5.74) is 0.597. The molecule has 0 saturated carbocycles. The van der Waals surface area contributed by atoms with E-state index in [0.29, 0.717) is 21.9 Å². The van der Waals surface area contributed by atoms with Gasteiger partial charge in [0.1, 0.15) is 12.4 Å². The Bertz CT molecular complexity index is 646. The van der Waals surface area contributed by atoms with E-state index in [2.05, 4.69) is 5.10 Å². The topological polar surface area (TPSA) is 89.5 Å². The van der Waals surface area contributed by atoms with Crippen LogP contribution in [0.4, 0.5) is 0 Å². The van der Waals surface area contributed by atoms with Crippen LogP contribution in [0.3, 0.4) is 0 Å². The summed E-state index contributed by atoms with van der Waals surface area (Å²) in [5, 5.41) is 21.5. The van der Waals surface area contributed by atoms with Gasteiger partial charge in [0.25, 0.3) is 6.26 Å². The third-order valence-corrected chi connectivity index (χ3v) is 2.52. The molecule has 1 heterocycles. The minimum Gasteiger partial charge on any atom is -0.490 e. The highest BCUT2D eigenvalue weighted by molar-refractivity contribution is 5.45. The van der Waals surface area contributed by atoms with Crippen LogP contribution in [-0.4, -0.2) is 21.3 Å². The maximum atomic E-state index is 9.10. The van der Waals surface area contributed by atoms with Gasteiger partial charge in [-0.3, -0.25) is 0 Å². The van der Waals surface area contributed by atoms with Gasteiger partial charge in [-0.2, -0.15) is 0 Å². The highest BCUT2D eigenvalue weighted by Crippen LogP contribution is 2.30. The molecule has 0 radical (unpaired) electrons. The molecular weight excluding hydrogens is 274 g/mol. The molecule has 7 nitrogen and oxygen atoms in total. The summed E-state index contributed by atoms with van der Waals surface area (Å²) in [6.07, 6.45) is 2.95. The highest BCUT2D eigenvalue weighted by Gasteiger charge is 2.14. The van der Waals surface area contributed by atoms with E-state index in [1.54, 1.807) is 24.5 Å². The van der Waals surface area contributed by atoms with Gasteiger partial charge in [0.15, 0.2) is 5.75 Å². The van der Waals surface area contributed by atoms with Crippen LogP contribution in [0.15, 0.2) is 30.5 Å². The van der Waals surface area contributed by atoms with Crippen LogP contribution in [-0.2, 0) is 6.61 Å². The summed E-state index contributed by atoms with van der Waals surface area (Å²) >= 11 is 0. The normalized spacial score (nSPS) is 10.2. The summed E-state index contributed by atoms with van der Waals surface area (Å²) < 4.78 is 16.1. The van der Waals surface area contributed by atoms with Crippen LogP contribution in [0.2, 0.25) is 0 Å². The smallest absolute Gasteiger partial charge is 0.292 e. The fourth-order valence-electron chi connectivity index (χ4n) is 1.72. The van der Waals surface area contributed by atoms with Crippen molar-refractivity contribution in [2.24, 2.45) is 0 Å². The minimum absolute atomic E-state index is 0.0299. The van der Waals surface area contributed by atoms with Crippen LogP contribution < -0.4 is 14.2 Å². The van der Waals surface area contributed by atoms with Crippen molar-refractivity contribution in [2.45, 2.75) is 26.6 Å². The molecular formula is C14H15N3O4. The number of ether oxygens (including phenoxy) is 3. The number of benzene rings is 1. The van der Waals surface area contributed by atoms with E-state index in [1.165, 1.54) is 12.3 Å². The lowest BCUT2D eigenvalue weighted by Crippen LogP contribution is -2.09. The Hall–Kier alpha value is -2.88. The molecule has 0 unspecified atom stereocenters. The molecule has 0 fully saturated rings. The number of nitrogens with zero attached hydrogens (tertiary/aromatic N) is 3. The molecule has 0 bridgehead atoms. The van der Waals surface area contributed by atoms with E-state index in [1.807, 2.05) is 13.8 Å². The molecule has 2 aromatic rings. The lowest BCUT2D eigenvalue weighted by atomic mass is 10.2. The molecule has 0 atom stereocenters. The standard InChI is InChI=1S/C14H15N3O4/c1-10(2)21-13-5-3-4-12(20-9-15)11(13)8-19-14-6-7-17(18)16-14/h3-7,10,18H,8H2,1-2H3. The zero-order chi connectivity index (χ0) is 15.2. The van der Waals surface area contributed by atoms with Crippen molar-refractivity contribution in [3.05, 3.63) is 36.0 Å². The molecule has 21 heavy (non-hydrogen) atoms. The van der Waals surface area contributed by atoms with Gasteiger partial charge in [-0.15, -0.1) is 10.1 Å². The van der Waals surface area contributed by atoms with Gasteiger partial charge in [0.05, 0.1) is 17.9 Å². The number of aromatic nitrogens is 2. The first-order valence-electron chi connectivity index (χ1n) is 6.32. The zero-order valence-corrected chi connectivity index (χ0v) is 11.7. The highest BCUT2D eigenvalue weighted by atomic mass is 16.5. The second kappa shape index (κ2) is 6.52. The van der Waals surface area contributed by atoms with Crippen molar-refractivity contribution in [1.82, 2.24) is 9.94 Å². The number of rotatable bonds is 6. The van der Waals surface area contributed by atoms with Crippen LogP contribution in [0.1, 0.15) is 19.4 Å². The Morgan fingerprint density at radius 3 is 2.71 bits per heavy atom. The third kappa shape index (κ3) is 3.79. The molecule has 0 aliphatic carbocycles. The molecule has 0 aliphatic rings. The Balaban J connectivity index is 2.23. The average Bonchev–Trinajstić information content (AvgIpc) is 2.83. The van der Waals surface area contributed by atoms with Gasteiger partial charge < -0.3 is 19.4 Å². The second-order valence-corrected chi connectivity index (χ2v) is 4.46. The van der Waals surface area contributed by atoms with E-state index in [0.717, 1.165) is 0 Å². The lowest BCUT2D eigenvalue weighted by molar-refractivity contribution is 0.140. The Labute approximate surface area is 121 Å². The number of hydrogen-bond acceptors (Lipinski definition) is 6. The van der Waals surface area contributed by atoms with Gasteiger partial charge in [0.2, 0.25) is 5.88 Å². The number of nitriles is 1. The average molecular weight is 289 g/mol. The van der Waals surface area contributed by atoms with E-state index in [4.69, 9.17) is 24.7 Å². The van der Waals surface area contributed by atoms with Crippen LogP contribution in [0.25, 0.3) is 0 Å². The monoisotopic (exact) mass is 289 g/mol. The first-order valence-corrected chi connectivity index (χ1v) is 6.32. The van der Waals surface area contributed by atoms with Crippen molar-refractivity contribution in [3.63, 3.8) is 0 Å². The van der Waals surface area contributed by atoms with E-state index in [-0.39, 0.29) is 18.6 Å². The van der Waals surface area contributed by atoms with Gasteiger partial charge in [-0.1, -0.05) is 11.2 Å². The van der Waals surface area contributed by atoms with Crippen molar-refractivity contribution in [1.29, 1.82) is 5.26 Å². The predicted molar refractivity (Wildman–Crippen MR) is 72.2 cm³/mol.